The van der Waals surface area contributed by atoms with Crippen LogP contribution < -0.4 is 5.32 Å². The van der Waals surface area contributed by atoms with Crippen molar-refractivity contribution in [2.75, 3.05) is 17.7 Å². The van der Waals surface area contributed by atoms with E-state index < -0.39 is 17.8 Å². The summed E-state index contributed by atoms with van der Waals surface area (Å²) in [7, 11) is 0. The quantitative estimate of drug-likeness (QED) is 0.846. The van der Waals surface area contributed by atoms with Crippen molar-refractivity contribution >= 4 is 34.3 Å². The molecule has 5 nitrogen and oxygen atoms in total. The molecular formula is C16H21ClN2O3. The molecule has 0 aliphatic heterocycles. The number of hydrogen-bond donors (Lipinski definition) is 2. The molecule has 0 spiro atoms. The lowest BCUT2D eigenvalue weighted by Crippen LogP contribution is -2.26. The number of aliphatic hydroxyl groups excluding tert-OH is 1. The number of benzene rings is 1. The Labute approximate surface area is 134 Å². The fraction of sp³-hybridized carbons (Fsp3) is 0.438. The number of hydrogen-bond acceptors (Lipinski definition) is 4. The molecule has 0 radical (unpaired) electrons. The monoisotopic (exact) mass is 324 g/mol. The van der Waals surface area contributed by atoms with E-state index in [0.717, 1.165) is 16.6 Å². The molecule has 1 atom stereocenters. The molecule has 1 unspecified atom stereocenters. The van der Waals surface area contributed by atoms with Gasteiger partial charge in [0.15, 0.2) is 0 Å². The van der Waals surface area contributed by atoms with Gasteiger partial charge >= 0.3 is 6.09 Å². The molecule has 0 aliphatic rings. The van der Waals surface area contributed by atoms with Crippen molar-refractivity contribution in [2.24, 2.45) is 0 Å². The maximum Gasteiger partial charge on any atom is 0.418 e. The highest BCUT2D eigenvalue weighted by molar-refractivity contribution is 6.18. The lowest BCUT2D eigenvalue weighted by molar-refractivity contribution is 0.0544. The predicted molar refractivity (Wildman–Crippen MR) is 88.8 cm³/mol. The van der Waals surface area contributed by atoms with Crippen LogP contribution in [-0.4, -0.2) is 39.9 Å². The minimum absolute atomic E-state index is 0.169. The number of halogens is 1. The molecule has 2 aromatic rings. The second-order valence-corrected chi connectivity index (χ2v) is 6.40. The van der Waals surface area contributed by atoms with E-state index >= 15 is 0 Å². The van der Waals surface area contributed by atoms with Gasteiger partial charge in [0.2, 0.25) is 0 Å². The van der Waals surface area contributed by atoms with Crippen LogP contribution in [-0.2, 0) is 4.74 Å². The van der Waals surface area contributed by atoms with Crippen LogP contribution in [0.25, 0.3) is 10.9 Å². The summed E-state index contributed by atoms with van der Waals surface area (Å²) in [4.78, 5) is 12.2. The van der Waals surface area contributed by atoms with Gasteiger partial charge in [-0.05, 0) is 39.0 Å². The van der Waals surface area contributed by atoms with E-state index in [9.17, 15) is 9.90 Å². The first-order valence-corrected chi connectivity index (χ1v) is 7.66. The summed E-state index contributed by atoms with van der Waals surface area (Å²) in [5.41, 5.74) is 1.04. The molecule has 0 saturated heterocycles. The molecule has 0 saturated carbocycles. The number of nitrogens with zero attached hydrogens (tertiary/aromatic N) is 1. The van der Waals surface area contributed by atoms with Crippen LogP contribution in [0.3, 0.4) is 0 Å². The molecule has 1 aromatic heterocycles. The molecule has 2 N–H and O–H groups in total. The lowest BCUT2D eigenvalue weighted by Gasteiger charge is -2.19. The zero-order valence-corrected chi connectivity index (χ0v) is 13.7. The van der Waals surface area contributed by atoms with Crippen molar-refractivity contribution in [3.05, 3.63) is 30.5 Å². The average molecular weight is 325 g/mol. The minimum atomic E-state index is -0.620. The van der Waals surface area contributed by atoms with Crippen molar-refractivity contribution < 1.29 is 14.6 Å². The Morgan fingerprint density at radius 3 is 2.77 bits per heavy atom. The highest BCUT2D eigenvalue weighted by Gasteiger charge is 2.19. The highest BCUT2D eigenvalue weighted by Crippen LogP contribution is 2.25. The van der Waals surface area contributed by atoms with Gasteiger partial charge in [-0.15, -0.1) is 11.6 Å². The van der Waals surface area contributed by atoms with Crippen LogP contribution in [0.15, 0.2) is 30.5 Å². The lowest BCUT2D eigenvalue weighted by atomic mass is 10.2. The second-order valence-electron chi connectivity index (χ2n) is 6.09. The molecule has 22 heavy (non-hydrogen) atoms. The first kappa shape index (κ1) is 16.6. The molecule has 0 amide bonds. The Balaban J connectivity index is 2.27. The third-order valence-corrected chi connectivity index (χ3v) is 3.39. The van der Waals surface area contributed by atoms with Gasteiger partial charge in [-0.2, -0.15) is 0 Å². The third kappa shape index (κ3) is 3.93. The predicted octanol–water partition coefficient (Wildman–Crippen LogP) is 3.44. The van der Waals surface area contributed by atoms with Gasteiger partial charge in [0.1, 0.15) is 5.60 Å². The molecule has 1 aromatic carbocycles. The molecule has 1 heterocycles. The maximum atomic E-state index is 12.2. The number of aromatic nitrogens is 1. The first-order chi connectivity index (χ1) is 10.3. The Kier molecular flexibility index (Phi) is 4.98. The zero-order chi connectivity index (χ0) is 16.3. The van der Waals surface area contributed by atoms with E-state index in [4.69, 9.17) is 16.3 Å². The molecule has 120 valence electrons. The van der Waals surface area contributed by atoms with Crippen LogP contribution in [0.4, 0.5) is 10.5 Å². The maximum absolute atomic E-state index is 12.2. The topological polar surface area (TPSA) is 63.5 Å². The Hall–Kier alpha value is -1.72. The Bertz CT molecular complexity index is 661. The number of alkyl halides is 1. The number of fused-ring (bicyclic) bond motifs is 1. The summed E-state index contributed by atoms with van der Waals surface area (Å²) in [5, 5.41) is 13.6. The van der Waals surface area contributed by atoms with Gasteiger partial charge in [0.05, 0.1) is 17.5 Å². The van der Waals surface area contributed by atoms with Crippen LogP contribution in [0.2, 0.25) is 0 Å². The number of ether oxygens (including phenoxy) is 1. The number of anilines is 1. The fourth-order valence-corrected chi connectivity index (χ4v) is 2.18. The van der Waals surface area contributed by atoms with Crippen molar-refractivity contribution in [2.45, 2.75) is 32.5 Å². The van der Waals surface area contributed by atoms with E-state index in [1.165, 1.54) is 4.57 Å². The SMILES string of the molecule is CC(C)(C)OC(=O)n1ccc2c(NCC(O)CCl)cccc21. The van der Waals surface area contributed by atoms with Gasteiger partial charge < -0.3 is 15.2 Å². The molecule has 6 heteroatoms. The third-order valence-electron chi connectivity index (χ3n) is 3.03. The van der Waals surface area contributed by atoms with Gasteiger partial charge in [0.25, 0.3) is 0 Å². The molecule has 2 rings (SSSR count). The largest absolute Gasteiger partial charge is 0.443 e. The van der Waals surface area contributed by atoms with Crippen molar-refractivity contribution in [1.29, 1.82) is 0 Å². The minimum Gasteiger partial charge on any atom is -0.443 e. The van der Waals surface area contributed by atoms with Crippen molar-refractivity contribution in [1.82, 2.24) is 4.57 Å². The fourth-order valence-electron chi connectivity index (χ4n) is 2.07. The van der Waals surface area contributed by atoms with Crippen LogP contribution in [0.1, 0.15) is 20.8 Å². The van der Waals surface area contributed by atoms with E-state index in [1.54, 1.807) is 6.20 Å². The summed E-state index contributed by atoms with van der Waals surface area (Å²) in [6.45, 7) is 5.84. The van der Waals surface area contributed by atoms with Crippen LogP contribution in [0, 0.1) is 0 Å². The standard InChI is InChI=1S/C16H21ClN2O3/c1-16(2,3)22-15(21)19-8-7-12-13(5-4-6-14(12)19)18-10-11(20)9-17/h4-8,11,18,20H,9-10H2,1-3H3. The summed E-state index contributed by atoms with van der Waals surface area (Å²) in [6.07, 6.45) is 0.646. The highest BCUT2D eigenvalue weighted by atomic mass is 35.5. The molecular weight excluding hydrogens is 304 g/mol. The van der Waals surface area contributed by atoms with E-state index in [1.807, 2.05) is 45.0 Å². The number of carbonyl (C=O) groups excluding carboxylic acids is 1. The molecule has 0 aliphatic carbocycles. The number of nitrogens with one attached hydrogen (secondary N) is 1. The number of carbonyl (C=O) groups is 1. The van der Waals surface area contributed by atoms with Crippen molar-refractivity contribution in [3.8, 4) is 0 Å². The average Bonchev–Trinajstić information content (AvgIpc) is 2.87. The first-order valence-electron chi connectivity index (χ1n) is 7.13. The Morgan fingerprint density at radius 2 is 2.14 bits per heavy atom. The van der Waals surface area contributed by atoms with Gasteiger partial charge in [-0.1, -0.05) is 6.07 Å². The summed E-state index contributed by atoms with van der Waals surface area (Å²) >= 11 is 5.59. The second kappa shape index (κ2) is 6.58. The molecule has 0 bridgehead atoms. The smallest absolute Gasteiger partial charge is 0.418 e. The molecule has 0 fully saturated rings. The van der Waals surface area contributed by atoms with Gasteiger partial charge in [-0.25, -0.2) is 4.79 Å². The van der Waals surface area contributed by atoms with E-state index in [2.05, 4.69) is 5.32 Å². The normalized spacial score (nSPS) is 13.1. The number of aliphatic hydroxyl groups is 1. The van der Waals surface area contributed by atoms with Gasteiger partial charge in [0, 0.05) is 23.8 Å². The summed E-state index contributed by atoms with van der Waals surface area (Å²) in [5.74, 6) is 0.169. The zero-order valence-electron chi connectivity index (χ0n) is 13.0. The summed E-state index contributed by atoms with van der Waals surface area (Å²) in [6, 6.07) is 7.43. The van der Waals surface area contributed by atoms with Crippen LogP contribution >= 0.6 is 11.6 Å². The van der Waals surface area contributed by atoms with Crippen LogP contribution in [0.5, 0.6) is 0 Å². The van der Waals surface area contributed by atoms with Crippen molar-refractivity contribution in [3.63, 3.8) is 0 Å². The van der Waals surface area contributed by atoms with E-state index in [0.29, 0.717) is 6.54 Å². The Morgan fingerprint density at radius 1 is 1.41 bits per heavy atom. The van der Waals surface area contributed by atoms with Gasteiger partial charge in [-0.3, -0.25) is 4.57 Å². The number of rotatable bonds is 4. The van der Waals surface area contributed by atoms with E-state index in [-0.39, 0.29) is 5.88 Å². The summed E-state index contributed by atoms with van der Waals surface area (Å²) < 4.78 is 6.87.